The second kappa shape index (κ2) is 7.62. The van der Waals surface area contributed by atoms with E-state index in [0.29, 0.717) is 34.7 Å². The molecule has 0 aromatic heterocycles. The molecule has 1 rings (SSSR count). The number of rotatable bonds is 6. The predicted octanol–water partition coefficient (Wildman–Crippen LogP) is 3.71. The first-order chi connectivity index (χ1) is 8.52. The Morgan fingerprint density at radius 1 is 1.33 bits per heavy atom. The summed E-state index contributed by atoms with van der Waals surface area (Å²) in [4.78, 5) is 11.7. The van der Waals surface area contributed by atoms with E-state index < -0.39 is 0 Å². The smallest absolute Gasteiger partial charge is 0.225 e. The minimum Gasteiger partial charge on any atom is -0.326 e. The summed E-state index contributed by atoms with van der Waals surface area (Å²) in [5.41, 5.74) is 0.665. The van der Waals surface area contributed by atoms with Gasteiger partial charge in [0.15, 0.2) is 0 Å². The second-order valence-corrected chi connectivity index (χ2v) is 5.00. The normalized spacial score (nSPS) is 12.2. The Kier molecular flexibility index (Phi) is 6.47. The molecule has 0 aliphatic rings. The topological polar surface area (TPSA) is 41.1 Å². The lowest BCUT2D eigenvalue weighted by atomic mass is 10.2. The van der Waals surface area contributed by atoms with Gasteiger partial charge in [-0.25, -0.2) is 0 Å². The highest BCUT2D eigenvalue weighted by atomic mass is 35.5. The Bertz CT molecular complexity index is 410. The molecule has 0 aliphatic carbocycles. The lowest BCUT2D eigenvalue weighted by Crippen LogP contribution is -2.28. The molecule has 1 amide bonds. The van der Waals surface area contributed by atoms with Crippen molar-refractivity contribution in [1.29, 1.82) is 0 Å². The molecule has 1 aromatic rings. The van der Waals surface area contributed by atoms with Crippen LogP contribution in [0.5, 0.6) is 0 Å². The van der Waals surface area contributed by atoms with Gasteiger partial charge in [0.2, 0.25) is 5.91 Å². The van der Waals surface area contributed by atoms with E-state index in [0.717, 1.165) is 6.42 Å². The van der Waals surface area contributed by atoms with Gasteiger partial charge in [0.05, 0.1) is 10.0 Å². The minimum absolute atomic E-state index is 0.0378. The van der Waals surface area contributed by atoms with Crippen molar-refractivity contribution in [2.45, 2.75) is 32.7 Å². The summed E-state index contributed by atoms with van der Waals surface area (Å²) in [7, 11) is 0. The number of anilines is 1. The van der Waals surface area contributed by atoms with Crippen LogP contribution in [0.25, 0.3) is 0 Å². The maximum atomic E-state index is 11.7. The van der Waals surface area contributed by atoms with Gasteiger partial charge in [-0.3, -0.25) is 4.79 Å². The van der Waals surface area contributed by atoms with Crippen molar-refractivity contribution >= 4 is 34.8 Å². The fraction of sp³-hybridized carbons (Fsp3) is 0.462. The van der Waals surface area contributed by atoms with Crippen LogP contribution in [0.1, 0.15) is 26.7 Å². The third kappa shape index (κ3) is 5.25. The Morgan fingerprint density at radius 2 is 2.06 bits per heavy atom. The van der Waals surface area contributed by atoms with Gasteiger partial charge in [-0.1, -0.05) is 30.1 Å². The van der Waals surface area contributed by atoms with Crippen molar-refractivity contribution in [2.24, 2.45) is 0 Å². The fourth-order valence-electron chi connectivity index (χ4n) is 1.37. The minimum atomic E-state index is -0.0378. The molecule has 100 valence electrons. The van der Waals surface area contributed by atoms with Gasteiger partial charge in [-0.15, -0.1) is 0 Å². The predicted molar refractivity (Wildman–Crippen MR) is 77.5 cm³/mol. The molecule has 0 saturated carbocycles. The van der Waals surface area contributed by atoms with E-state index in [4.69, 9.17) is 23.2 Å². The van der Waals surface area contributed by atoms with Crippen LogP contribution >= 0.6 is 23.2 Å². The summed E-state index contributed by atoms with van der Waals surface area (Å²) in [5.74, 6) is -0.0378. The van der Waals surface area contributed by atoms with Gasteiger partial charge in [-0.2, -0.15) is 0 Å². The molecule has 1 aromatic carbocycles. The van der Waals surface area contributed by atoms with Crippen molar-refractivity contribution in [1.82, 2.24) is 5.32 Å². The molecular formula is C13H18Cl2N2O. The van der Waals surface area contributed by atoms with Crippen LogP contribution < -0.4 is 10.6 Å². The maximum Gasteiger partial charge on any atom is 0.225 e. The molecule has 0 heterocycles. The number of halogens is 2. The van der Waals surface area contributed by atoms with Gasteiger partial charge < -0.3 is 10.6 Å². The molecule has 3 nitrogen and oxygen atoms in total. The van der Waals surface area contributed by atoms with Crippen molar-refractivity contribution in [3.05, 3.63) is 28.2 Å². The van der Waals surface area contributed by atoms with E-state index in [1.54, 1.807) is 18.2 Å². The van der Waals surface area contributed by atoms with Gasteiger partial charge in [0.25, 0.3) is 0 Å². The van der Waals surface area contributed by atoms with E-state index in [-0.39, 0.29) is 5.91 Å². The Labute approximate surface area is 118 Å². The molecule has 0 radical (unpaired) electrons. The fourth-order valence-corrected chi connectivity index (χ4v) is 1.67. The van der Waals surface area contributed by atoms with Crippen LogP contribution in [0.4, 0.5) is 5.69 Å². The van der Waals surface area contributed by atoms with E-state index in [9.17, 15) is 4.79 Å². The first kappa shape index (κ1) is 15.3. The SMILES string of the molecule is CCC(C)NCCC(=O)Nc1ccc(Cl)c(Cl)c1. The molecule has 5 heteroatoms. The highest BCUT2D eigenvalue weighted by Gasteiger charge is 2.05. The Balaban J connectivity index is 2.38. The van der Waals surface area contributed by atoms with E-state index >= 15 is 0 Å². The highest BCUT2D eigenvalue weighted by Crippen LogP contribution is 2.24. The van der Waals surface area contributed by atoms with Crippen LogP contribution in [0, 0.1) is 0 Å². The molecule has 0 fully saturated rings. The summed E-state index contributed by atoms with van der Waals surface area (Å²) >= 11 is 11.7. The summed E-state index contributed by atoms with van der Waals surface area (Å²) in [6.45, 7) is 4.87. The molecule has 2 N–H and O–H groups in total. The quantitative estimate of drug-likeness (QED) is 0.838. The summed E-state index contributed by atoms with van der Waals surface area (Å²) in [5, 5.41) is 6.96. The van der Waals surface area contributed by atoms with Crippen molar-refractivity contribution in [3.63, 3.8) is 0 Å². The molecule has 0 spiro atoms. The average molecular weight is 289 g/mol. The van der Waals surface area contributed by atoms with Crippen molar-refractivity contribution < 1.29 is 4.79 Å². The zero-order chi connectivity index (χ0) is 13.5. The van der Waals surface area contributed by atoms with Gasteiger partial charge in [0, 0.05) is 24.7 Å². The van der Waals surface area contributed by atoms with Crippen LogP contribution in [0.15, 0.2) is 18.2 Å². The Morgan fingerprint density at radius 3 is 2.67 bits per heavy atom. The number of hydrogen-bond acceptors (Lipinski definition) is 2. The van der Waals surface area contributed by atoms with Crippen molar-refractivity contribution in [3.8, 4) is 0 Å². The molecular weight excluding hydrogens is 271 g/mol. The third-order valence-electron chi connectivity index (χ3n) is 2.66. The lowest BCUT2D eigenvalue weighted by molar-refractivity contribution is -0.116. The molecule has 0 saturated heterocycles. The van der Waals surface area contributed by atoms with Gasteiger partial charge in [-0.05, 0) is 31.5 Å². The van der Waals surface area contributed by atoms with Crippen LogP contribution in [0.2, 0.25) is 10.0 Å². The Hall–Kier alpha value is -0.770. The third-order valence-corrected chi connectivity index (χ3v) is 3.40. The largest absolute Gasteiger partial charge is 0.326 e. The zero-order valence-electron chi connectivity index (χ0n) is 10.6. The van der Waals surface area contributed by atoms with E-state index in [1.165, 1.54) is 0 Å². The lowest BCUT2D eigenvalue weighted by Gasteiger charge is -2.11. The second-order valence-electron chi connectivity index (χ2n) is 4.19. The van der Waals surface area contributed by atoms with Crippen molar-refractivity contribution in [2.75, 3.05) is 11.9 Å². The molecule has 1 atom stereocenters. The number of carbonyl (C=O) groups is 1. The number of hydrogen-bond donors (Lipinski definition) is 2. The summed E-state index contributed by atoms with van der Waals surface area (Å²) < 4.78 is 0. The van der Waals surface area contributed by atoms with Gasteiger partial charge >= 0.3 is 0 Å². The molecule has 0 bridgehead atoms. The number of amides is 1. The highest BCUT2D eigenvalue weighted by molar-refractivity contribution is 6.42. The van der Waals surface area contributed by atoms with Crippen LogP contribution in [-0.2, 0) is 4.79 Å². The summed E-state index contributed by atoms with van der Waals surface area (Å²) in [6, 6.07) is 5.47. The number of benzene rings is 1. The van der Waals surface area contributed by atoms with Gasteiger partial charge in [0.1, 0.15) is 0 Å². The standard InChI is InChI=1S/C13H18Cl2N2O/c1-3-9(2)16-7-6-13(18)17-10-4-5-11(14)12(15)8-10/h4-5,8-9,16H,3,6-7H2,1-2H3,(H,17,18). The van der Waals surface area contributed by atoms with E-state index in [2.05, 4.69) is 24.5 Å². The monoisotopic (exact) mass is 288 g/mol. The first-order valence-corrected chi connectivity index (χ1v) is 6.76. The number of carbonyl (C=O) groups excluding carboxylic acids is 1. The number of nitrogens with one attached hydrogen (secondary N) is 2. The van der Waals surface area contributed by atoms with Crippen LogP contribution in [0.3, 0.4) is 0 Å². The molecule has 1 unspecified atom stereocenters. The molecule has 0 aliphatic heterocycles. The summed E-state index contributed by atoms with van der Waals surface area (Å²) in [6.07, 6.45) is 1.49. The van der Waals surface area contributed by atoms with E-state index in [1.807, 2.05) is 0 Å². The maximum absolute atomic E-state index is 11.7. The molecule has 18 heavy (non-hydrogen) atoms. The zero-order valence-corrected chi connectivity index (χ0v) is 12.1. The van der Waals surface area contributed by atoms with Crippen LogP contribution in [-0.4, -0.2) is 18.5 Å². The average Bonchev–Trinajstić information content (AvgIpc) is 2.33. The first-order valence-electron chi connectivity index (χ1n) is 6.01.